The van der Waals surface area contributed by atoms with Crippen molar-refractivity contribution in [2.75, 3.05) is 13.2 Å². The first-order valence-corrected chi connectivity index (χ1v) is 15.4. The van der Waals surface area contributed by atoms with Crippen molar-refractivity contribution in [2.45, 2.75) is 57.9 Å². The van der Waals surface area contributed by atoms with Crippen LogP contribution in [0.25, 0.3) is 22.0 Å². The molecule has 1 aromatic heterocycles. The van der Waals surface area contributed by atoms with Gasteiger partial charge in [-0.2, -0.15) is 4.31 Å². The van der Waals surface area contributed by atoms with Crippen LogP contribution in [0.15, 0.2) is 78.9 Å². The van der Waals surface area contributed by atoms with Crippen LogP contribution in [0.4, 0.5) is 0 Å². The molecule has 4 aromatic rings. The topological polar surface area (TPSA) is 51.5 Å². The van der Waals surface area contributed by atoms with E-state index in [1.54, 1.807) is 4.31 Å². The van der Waals surface area contributed by atoms with E-state index in [1.807, 2.05) is 61.5 Å². The van der Waals surface area contributed by atoms with Crippen LogP contribution in [-0.4, -0.2) is 30.4 Å². The largest absolute Gasteiger partial charge is 0.494 e. The number of para-hydroxylation sites is 1. The molecule has 3 aromatic carbocycles. The van der Waals surface area contributed by atoms with Gasteiger partial charge in [-0.3, -0.25) is 0 Å². The summed E-state index contributed by atoms with van der Waals surface area (Å²) in [5.74, 6) is 7.01. The first-order valence-electron chi connectivity index (χ1n) is 13.8. The molecular weight excluding hydrogens is 504 g/mol. The molecule has 1 atom stereocenters. The Morgan fingerprint density at radius 2 is 1.72 bits per heavy atom. The second-order valence-electron chi connectivity index (χ2n) is 10.0. The van der Waals surface area contributed by atoms with Gasteiger partial charge in [0.2, 0.25) is 10.0 Å². The van der Waals surface area contributed by atoms with E-state index in [4.69, 9.17) is 4.74 Å². The average molecular weight is 541 g/mol. The van der Waals surface area contributed by atoms with Crippen LogP contribution in [-0.2, 0) is 22.3 Å². The van der Waals surface area contributed by atoms with E-state index in [0.29, 0.717) is 19.7 Å². The highest BCUT2D eigenvalue weighted by Crippen LogP contribution is 2.44. The second kappa shape index (κ2) is 12.1. The first kappa shape index (κ1) is 27.1. The zero-order valence-corrected chi connectivity index (χ0v) is 23.6. The maximum absolute atomic E-state index is 13.9. The Hall–Kier alpha value is -3.53. The summed E-state index contributed by atoms with van der Waals surface area (Å²) < 4.78 is 37.6. The molecule has 2 heterocycles. The van der Waals surface area contributed by atoms with Gasteiger partial charge in [0.1, 0.15) is 5.75 Å². The summed E-state index contributed by atoms with van der Waals surface area (Å²) in [5.41, 5.74) is 5.08. The number of benzene rings is 3. The Morgan fingerprint density at radius 3 is 2.46 bits per heavy atom. The highest BCUT2D eigenvalue weighted by molar-refractivity contribution is 7.88. The van der Waals surface area contributed by atoms with Crippen molar-refractivity contribution in [2.24, 2.45) is 0 Å². The molecular formula is C33H36N2O3S. The third kappa shape index (κ3) is 5.75. The molecule has 202 valence electrons. The van der Waals surface area contributed by atoms with Gasteiger partial charge in [-0.1, -0.05) is 79.9 Å². The Bertz CT molecular complexity index is 1580. The highest BCUT2D eigenvalue weighted by atomic mass is 32.2. The molecule has 5 rings (SSSR count). The van der Waals surface area contributed by atoms with Gasteiger partial charge in [-0.05, 0) is 55.5 Å². The third-order valence-electron chi connectivity index (χ3n) is 7.40. The number of aromatic nitrogens is 1. The summed E-state index contributed by atoms with van der Waals surface area (Å²) in [4.78, 5) is 0. The minimum absolute atomic E-state index is 0.0333. The molecule has 0 radical (unpaired) electrons. The monoisotopic (exact) mass is 540 g/mol. The summed E-state index contributed by atoms with van der Waals surface area (Å²) >= 11 is 0. The minimum Gasteiger partial charge on any atom is -0.494 e. The Labute approximate surface area is 232 Å². The van der Waals surface area contributed by atoms with E-state index in [-0.39, 0.29) is 11.8 Å². The van der Waals surface area contributed by atoms with Gasteiger partial charge in [0, 0.05) is 28.7 Å². The lowest BCUT2D eigenvalue weighted by molar-refractivity contribution is 0.309. The molecule has 1 fully saturated rings. The summed E-state index contributed by atoms with van der Waals surface area (Å²) in [6, 6.07) is 25.9. The fourth-order valence-corrected chi connectivity index (χ4v) is 7.34. The zero-order valence-electron chi connectivity index (χ0n) is 22.8. The summed E-state index contributed by atoms with van der Waals surface area (Å²) in [7, 11) is -3.57. The van der Waals surface area contributed by atoms with Crippen molar-refractivity contribution in [3.05, 3.63) is 90.1 Å². The fraction of sp³-hybridized carbons (Fsp3) is 0.333. The summed E-state index contributed by atoms with van der Waals surface area (Å²) in [6.07, 6.45) is 3.67. The van der Waals surface area contributed by atoms with E-state index >= 15 is 0 Å². The second-order valence-corrected chi connectivity index (χ2v) is 11.9. The number of ether oxygens (including phenoxy) is 1. The molecule has 1 saturated heterocycles. The van der Waals surface area contributed by atoms with Crippen molar-refractivity contribution in [1.82, 2.24) is 8.87 Å². The van der Waals surface area contributed by atoms with Crippen molar-refractivity contribution in [3.63, 3.8) is 0 Å². The smallest absolute Gasteiger partial charge is 0.218 e. The molecule has 0 N–H and O–H groups in total. The van der Waals surface area contributed by atoms with Crippen molar-refractivity contribution in [3.8, 4) is 28.7 Å². The van der Waals surface area contributed by atoms with Gasteiger partial charge >= 0.3 is 0 Å². The minimum atomic E-state index is -3.57. The van der Waals surface area contributed by atoms with Gasteiger partial charge < -0.3 is 9.30 Å². The highest BCUT2D eigenvalue weighted by Gasteiger charge is 2.39. The number of hydrogen-bond acceptors (Lipinski definition) is 3. The molecule has 5 nitrogen and oxygen atoms in total. The van der Waals surface area contributed by atoms with Crippen LogP contribution in [0.2, 0.25) is 0 Å². The normalized spacial score (nSPS) is 15.8. The lowest BCUT2D eigenvalue weighted by Gasteiger charge is -2.27. The van der Waals surface area contributed by atoms with Crippen LogP contribution >= 0.6 is 0 Å². The zero-order chi connectivity index (χ0) is 27.2. The molecule has 0 aliphatic carbocycles. The summed E-state index contributed by atoms with van der Waals surface area (Å²) in [6.45, 7) is 5.67. The van der Waals surface area contributed by atoms with Crippen LogP contribution < -0.4 is 4.74 Å². The quantitative estimate of drug-likeness (QED) is 0.158. The summed E-state index contributed by atoms with van der Waals surface area (Å²) in [5, 5.41) is 1.12. The van der Waals surface area contributed by atoms with Crippen molar-refractivity contribution in [1.29, 1.82) is 0 Å². The fourth-order valence-electron chi connectivity index (χ4n) is 5.56. The molecule has 0 bridgehead atoms. The molecule has 1 unspecified atom stereocenters. The first-order chi connectivity index (χ1) is 19.0. The number of unbranched alkanes of at least 4 members (excludes halogenated alkanes) is 1. The number of nitrogens with zero attached hydrogens (tertiary/aromatic N) is 2. The molecule has 0 spiro atoms. The lowest BCUT2D eigenvalue weighted by Crippen LogP contribution is -2.33. The van der Waals surface area contributed by atoms with Gasteiger partial charge in [-0.15, -0.1) is 5.92 Å². The van der Waals surface area contributed by atoms with Gasteiger partial charge in [0.15, 0.2) is 0 Å². The predicted octanol–water partition coefficient (Wildman–Crippen LogP) is 7.18. The Kier molecular flexibility index (Phi) is 8.40. The van der Waals surface area contributed by atoms with Crippen LogP contribution in [0.5, 0.6) is 5.75 Å². The van der Waals surface area contributed by atoms with Gasteiger partial charge in [0.05, 0.1) is 24.9 Å². The van der Waals surface area contributed by atoms with Crippen LogP contribution in [0, 0.1) is 11.8 Å². The van der Waals surface area contributed by atoms with Crippen molar-refractivity contribution >= 4 is 20.9 Å². The predicted molar refractivity (Wildman–Crippen MR) is 159 cm³/mol. The molecule has 0 saturated carbocycles. The Morgan fingerprint density at radius 1 is 0.974 bits per heavy atom. The van der Waals surface area contributed by atoms with E-state index in [2.05, 4.69) is 47.6 Å². The van der Waals surface area contributed by atoms with Gasteiger partial charge in [-0.25, -0.2) is 8.42 Å². The third-order valence-corrected chi connectivity index (χ3v) is 9.25. The van der Waals surface area contributed by atoms with E-state index in [9.17, 15) is 8.42 Å². The Balaban J connectivity index is 1.53. The molecule has 0 amide bonds. The van der Waals surface area contributed by atoms with Crippen molar-refractivity contribution < 1.29 is 13.2 Å². The molecule has 1 aliphatic heterocycles. The van der Waals surface area contributed by atoms with Crippen LogP contribution in [0.3, 0.4) is 0 Å². The maximum atomic E-state index is 13.9. The van der Waals surface area contributed by atoms with E-state index in [0.717, 1.165) is 64.7 Å². The number of fused-ring (bicyclic) bond motifs is 1. The van der Waals surface area contributed by atoms with E-state index < -0.39 is 10.0 Å². The SMILES string of the molecule is CC#CCn1c(C2CCCN2S(=O)(=O)Cc2ccc(OCCCC)cc2)c(-c2ccccc2)c2ccccc21. The number of sulfonamides is 1. The number of rotatable bonds is 10. The number of hydrogen-bond donors (Lipinski definition) is 0. The molecule has 39 heavy (non-hydrogen) atoms. The average Bonchev–Trinajstić information content (AvgIpc) is 3.57. The lowest BCUT2D eigenvalue weighted by atomic mass is 9.98. The standard InChI is InChI=1S/C33H36N2O3S/c1-3-5-22-34-30-16-11-10-15-29(30)32(27-13-8-7-9-14-27)33(34)31-17-12-23-35(31)39(36,37)25-26-18-20-28(21-19-26)38-24-6-4-2/h7-11,13-16,18-21,31H,4,6,12,17,22-25H2,1-2H3. The van der Waals surface area contributed by atoms with E-state index in [1.165, 1.54) is 0 Å². The van der Waals surface area contributed by atoms with Gasteiger partial charge in [0.25, 0.3) is 0 Å². The van der Waals surface area contributed by atoms with Crippen LogP contribution in [0.1, 0.15) is 56.8 Å². The maximum Gasteiger partial charge on any atom is 0.218 e. The molecule has 1 aliphatic rings. The molecule has 6 heteroatoms.